The Morgan fingerprint density at radius 1 is 0.882 bits per heavy atom. The van der Waals surface area contributed by atoms with E-state index in [4.69, 9.17) is 21.1 Å². The summed E-state index contributed by atoms with van der Waals surface area (Å²) < 4.78 is 10.6. The van der Waals surface area contributed by atoms with Gasteiger partial charge in [0.1, 0.15) is 6.04 Å². The molecule has 0 aliphatic carbocycles. The van der Waals surface area contributed by atoms with Gasteiger partial charge in [0.25, 0.3) is 0 Å². The van der Waals surface area contributed by atoms with Crippen LogP contribution >= 0.6 is 11.6 Å². The summed E-state index contributed by atoms with van der Waals surface area (Å²) >= 11 is 5.93. The highest BCUT2D eigenvalue weighted by molar-refractivity contribution is 6.30. The molecule has 0 saturated heterocycles. The topological polar surface area (TPSA) is 67.9 Å². The quantitative estimate of drug-likeness (QED) is 0.459. The number of rotatable bonds is 10. The van der Waals surface area contributed by atoms with Gasteiger partial charge < -0.3 is 19.7 Å². The van der Waals surface area contributed by atoms with Crippen LogP contribution in [0, 0.1) is 0 Å². The summed E-state index contributed by atoms with van der Waals surface area (Å²) in [6, 6.07) is 21.6. The molecule has 0 unspecified atom stereocenters. The Kier molecular flexibility index (Phi) is 8.93. The molecule has 0 aromatic heterocycles. The number of carbonyl (C=O) groups is 2. The van der Waals surface area contributed by atoms with Crippen LogP contribution < -0.4 is 14.8 Å². The summed E-state index contributed by atoms with van der Waals surface area (Å²) in [5.41, 5.74) is 2.64. The van der Waals surface area contributed by atoms with Crippen LogP contribution in [-0.2, 0) is 29.1 Å². The number of benzene rings is 3. The van der Waals surface area contributed by atoms with Gasteiger partial charge in [-0.05, 0) is 47.9 Å². The molecule has 0 aliphatic rings. The Labute approximate surface area is 205 Å². The summed E-state index contributed by atoms with van der Waals surface area (Å²) in [6.07, 6.45) is 0.127. The van der Waals surface area contributed by atoms with Gasteiger partial charge in [0.2, 0.25) is 11.8 Å². The first-order chi connectivity index (χ1) is 16.4. The largest absolute Gasteiger partial charge is 0.493 e. The molecule has 0 fully saturated rings. The number of ether oxygens (including phenoxy) is 2. The third kappa shape index (κ3) is 6.75. The van der Waals surface area contributed by atoms with E-state index in [9.17, 15) is 9.59 Å². The van der Waals surface area contributed by atoms with Crippen LogP contribution in [0.3, 0.4) is 0 Å². The van der Waals surface area contributed by atoms with Crippen LogP contribution in [0.1, 0.15) is 23.6 Å². The molecule has 2 amide bonds. The predicted molar refractivity (Wildman–Crippen MR) is 133 cm³/mol. The third-order valence-electron chi connectivity index (χ3n) is 5.55. The van der Waals surface area contributed by atoms with Crippen molar-refractivity contribution in [2.45, 2.75) is 32.5 Å². The van der Waals surface area contributed by atoms with E-state index in [1.165, 1.54) is 0 Å². The molecule has 7 heteroatoms. The summed E-state index contributed by atoms with van der Waals surface area (Å²) in [7, 11) is 3.12. The van der Waals surface area contributed by atoms with Crippen molar-refractivity contribution in [1.29, 1.82) is 0 Å². The standard InChI is InChI=1S/C27H29ClN2O4/c1-19(27(32)29-17-20-9-12-23(28)13-10-20)30(18-21-7-5-4-6-8-21)26(31)16-22-11-14-24(33-2)25(15-22)34-3/h4-15,19H,16-18H2,1-3H3,(H,29,32)/t19-/m0/s1. The van der Waals surface area contributed by atoms with Gasteiger partial charge >= 0.3 is 0 Å². The smallest absolute Gasteiger partial charge is 0.242 e. The zero-order chi connectivity index (χ0) is 24.5. The molecule has 3 aromatic rings. The fourth-order valence-electron chi connectivity index (χ4n) is 3.57. The van der Waals surface area contributed by atoms with Crippen LogP contribution in [0.4, 0.5) is 0 Å². The van der Waals surface area contributed by atoms with E-state index in [0.29, 0.717) is 29.6 Å². The summed E-state index contributed by atoms with van der Waals surface area (Å²) in [6.45, 7) is 2.42. The highest BCUT2D eigenvalue weighted by Gasteiger charge is 2.26. The molecule has 0 radical (unpaired) electrons. The second-order valence-corrected chi connectivity index (χ2v) is 8.33. The molecule has 0 spiro atoms. The van der Waals surface area contributed by atoms with Crippen LogP contribution in [0.5, 0.6) is 11.5 Å². The Bertz CT molecular complexity index is 1100. The molecular formula is C27H29ClN2O4. The normalized spacial score (nSPS) is 11.4. The van der Waals surface area contributed by atoms with Gasteiger partial charge in [-0.1, -0.05) is 60.1 Å². The van der Waals surface area contributed by atoms with Gasteiger partial charge in [0, 0.05) is 18.1 Å². The first kappa shape index (κ1) is 25.1. The van der Waals surface area contributed by atoms with Crippen LogP contribution in [0.25, 0.3) is 0 Å². The van der Waals surface area contributed by atoms with Gasteiger partial charge in [0.15, 0.2) is 11.5 Å². The van der Waals surface area contributed by atoms with Crippen molar-refractivity contribution in [2.24, 2.45) is 0 Å². The van der Waals surface area contributed by atoms with Crippen molar-refractivity contribution in [3.63, 3.8) is 0 Å². The average Bonchev–Trinajstić information content (AvgIpc) is 2.86. The van der Waals surface area contributed by atoms with Crippen LogP contribution in [-0.4, -0.2) is 37.0 Å². The molecule has 0 aliphatic heterocycles. The Hall–Kier alpha value is -3.51. The summed E-state index contributed by atoms with van der Waals surface area (Å²) in [5, 5.41) is 3.56. The fraction of sp³-hybridized carbons (Fsp3) is 0.259. The molecule has 1 atom stereocenters. The molecule has 6 nitrogen and oxygen atoms in total. The number of nitrogens with one attached hydrogen (secondary N) is 1. The van der Waals surface area contributed by atoms with Gasteiger partial charge in [-0.15, -0.1) is 0 Å². The number of hydrogen-bond acceptors (Lipinski definition) is 4. The van der Waals surface area contributed by atoms with Crippen molar-refractivity contribution < 1.29 is 19.1 Å². The second-order valence-electron chi connectivity index (χ2n) is 7.89. The van der Waals surface area contributed by atoms with E-state index < -0.39 is 6.04 Å². The van der Waals surface area contributed by atoms with Crippen LogP contribution in [0.15, 0.2) is 72.8 Å². The molecule has 34 heavy (non-hydrogen) atoms. The number of carbonyl (C=O) groups excluding carboxylic acids is 2. The Balaban J connectivity index is 1.76. The van der Waals surface area contributed by atoms with E-state index in [-0.39, 0.29) is 18.2 Å². The molecule has 3 aromatic carbocycles. The lowest BCUT2D eigenvalue weighted by Crippen LogP contribution is -2.47. The third-order valence-corrected chi connectivity index (χ3v) is 5.80. The van der Waals surface area contributed by atoms with Gasteiger partial charge in [-0.25, -0.2) is 0 Å². The molecule has 178 valence electrons. The van der Waals surface area contributed by atoms with Crippen molar-refractivity contribution in [2.75, 3.05) is 14.2 Å². The molecule has 1 N–H and O–H groups in total. The second kappa shape index (κ2) is 12.1. The van der Waals surface area contributed by atoms with Gasteiger partial charge in [0.05, 0.1) is 20.6 Å². The minimum Gasteiger partial charge on any atom is -0.493 e. The Morgan fingerprint density at radius 2 is 1.53 bits per heavy atom. The minimum absolute atomic E-state index is 0.127. The lowest BCUT2D eigenvalue weighted by atomic mass is 10.1. The average molecular weight is 481 g/mol. The maximum Gasteiger partial charge on any atom is 0.242 e. The monoisotopic (exact) mass is 480 g/mol. The molecule has 3 rings (SSSR count). The fourth-order valence-corrected chi connectivity index (χ4v) is 3.69. The zero-order valence-electron chi connectivity index (χ0n) is 19.6. The van der Waals surface area contributed by atoms with E-state index in [1.807, 2.05) is 48.5 Å². The van der Waals surface area contributed by atoms with Crippen molar-refractivity contribution in [3.05, 3.63) is 94.5 Å². The van der Waals surface area contributed by atoms with E-state index >= 15 is 0 Å². The van der Waals surface area contributed by atoms with Crippen molar-refractivity contribution in [3.8, 4) is 11.5 Å². The SMILES string of the molecule is COc1ccc(CC(=O)N(Cc2ccccc2)[C@@H](C)C(=O)NCc2ccc(Cl)cc2)cc1OC. The first-order valence-corrected chi connectivity index (χ1v) is 11.4. The number of methoxy groups -OCH3 is 2. The first-order valence-electron chi connectivity index (χ1n) is 11.0. The maximum absolute atomic E-state index is 13.4. The lowest BCUT2D eigenvalue weighted by Gasteiger charge is -2.29. The number of halogens is 1. The zero-order valence-corrected chi connectivity index (χ0v) is 20.3. The number of hydrogen-bond donors (Lipinski definition) is 1. The minimum atomic E-state index is -0.667. The number of amides is 2. The van der Waals surface area contributed by atoms with Crippen LogP contribution in [0.2, 0.25) is 5.02 Å². The van der Waals surface area contributed by atoms with Crippen molar-refractivity contribution in [1.82, 2.24) is 10.2 Å². The highest BCUT2D eigenvalue weighted by atomic mass is 35.5. The lowest BCUT2D eigenvalue weighted by molar-refractivity contribution is -0.140. The summed E-state index contributed by atoms with van der Waals surface area (Å²) in [5.74, 6) is 0.753. The number of nitrogens with zero attached hydrogens (tertiary/aromatic N) is 1. The predicted octanol–water partition coefficient (Wildman–Crippen LogP) is 4.63. The Morgan fingerprint density at radius 3 is 2.18 bits per heavy atom. The van der Waals surface area contributed by atoms with E-state index in [2.05, 4.69) is 5.32 Å². The van der Waals surface area contributed by atoms with Gasteiger partial charge in [-0.2, -0.15) is 0 Å². The van der Waals surface area contributed by atoms with Gasteiger partial charge in [-0.3, -0.25) is 9.59 Å². The summed E-state index contributed by atoms with van der Waals surface area (Å²) in [4.78, 5) is 28.0. The molecule has 0 saturated carbocycles. The van der Waals surface area contributed by atoms with E-state index in [0.717, 1.165) is 16.7 Å². The highest BCUT2D eigenvalue weighted by Crippen LogP contribution is 2.28. The maximum atomic E-state index is 13.4. The molecular weight excluding hydrogens is 452 g/mol. The molecule has 0 heterocycles. The molecule has 0 bridgehead atoms. The van der Waals surface area contributed by atoms with E-state index in [1.54, 1.807) is 50.3 Å². The van der Waals surface area contributed by atoms with Crippen molar-refractivity contribution >= 4 is 23.4 Å².